The van der Waals surface area contributed by atoms with Gasteiger partial charge in [0.15, 0.2) is 0 Å². The fraction of sp³-hybridized carbons (Fsp3) is 0.100. The minimum Gasteiger partial charge on any atom is -0.399 e. The summed E-state index contributed by atoms with van der Waals surface area (Å²) in [7, 11) is -3.75. The highest BCUT2D eigenvalue weighted by Crippen LogP contribution is 2.20. The van der Waals surface area contributed by atoms with E-state index in [4.69, 9.17) is 10.9 Å². The second kappa shape index (κ2) is 4.92. The van der Waals surface area contributed by atoms with E-state index in [1.54, 1.807) is 17.8 Å². The van der Waals surface area contributed by atoms with Crippen molar-refractivity contribution < 1.29 is 8.42 Å². The summed E-state index contributed by atoms with van der Waals surface area (Å²) in [6.07, 6.45) is 1.74. The average Bonchev–Trinajstić information content (AvgIpc) is 2.77. The number of aromatic nitrogens is 1. The molecule has 0 aliphatic rings. The van der Waals surface area contributed by atoms with E-state index in [1.165, 1.54) is 23.5 Å². The first-order valence-electron chi connectivity index (χ1n) is 5.00. The van der Waals surface area contributed by atoms with Gasteiger partial charge in [0.2, 0.25) is 10.0 Å². The number of nitrogens with two attached hydrogens (primary N) is 2. The maximum absolute atomic E-state index is 11.3. The summed E-state index contributed by atoms with van der Waals surface area (Å²) in [6.45, 7) is 0.554. The highest BCUT2D eigenvalue weighted by molar-refractivity contribution is 7.89. The predicted molar refractivity (Wildman–Crippen MR) is 71.7 cm³/mol. The predicted octanol–water partition coefficient (Wildman–Crippen LogP) is 0.985. The third kappa shape index (κ3) is 3.19. The van der Waals surface area contributed by atoms with Crippen molar-refractivity contribution in [3.63, 3.8) is 0 Å². The molecule has 1 heterocycles. The first-order valence-corrected chi connectivity index (χ1v) is 7.42. The number of rotatable bonds is 4. The van der Waals surface area contributed by atoms with Gasteiger partial charge in [-0.15, -0.1) is 11.3 Å². The molecule has 0 bridgehead atoms. The molecule has 0 saturated heterocycles. The van der Waals surface area contributed by atoms with Gasteiger partial charge in [0.05, 0.1) is 17.0 Å². The highest BCUT2D eigenvalue weighted by Gasteiger charge is 2.09. The van der Waals surface area contributed by atoms with Crippen molar-refractivity contribution in [2.24, 2.45) is 5.14 Å². The second-order valence-electron chi connectivity index (χ2n) is 3.66. The van der Waals surface area contributed by atoms with E-state index in [0.29, 0.717) is 17.9 Å². The molecule has 6 nitrogen and oxygen atoms in total. The Labute approximate surface area is 109 Å². The van der Waals surface area contributed by atoms with Crippen LogP contribution in [0.25, 0.3) is 0 Å². The van der Waals surface area contributed by atoms with Crippen LogP contribution in [0, 0.1) is 0 Å². The number of thiazole rings is 1. The van der Waals surface area contributed by atoms with Crippen LogP contribution in [0.3, 0.4) is 0 Å². The zero-order chi connectivity index (χ0) is 13.2. The lowest BCUT2D eigenvalue weighted by atomic mass is 10.3. The van der Waals surface area contributed by atoms with Gasteiger partial charge in [0, 0.05) is 22.4 Å². The molecule has 0 fully saturated rings. The summed E-state index contributed by atoms with van der Waals surface area (Å²) in [4.78, 5) is 4.98. The number of sulfonamides is 1. The first-order chi connectivity index (χ1) is 8.45. The van der Waals surface area contributed by atoms with Gasteiger partial charge in [0.25, 0.3) is 0 Å². The van der Waals surface area contributed by atoms with Gasteiger partial charge in [0.1, 0.15) is 0 Å². The van der Waals surface area contributed by atoms with E-state index in [9.17, 15) is 8.42 Å². The Morgan fingerprint density at radius 2 is 2.11 bits per heavy atom. The number of nitrogen functional groups attached to an aromatic ring is 1. The molecule has 0 aliphatic carbocycles. The van der Waals surface area contributed by atoms with E-state index < -0.39 is 10.0 Å². The molecule has 1 aromatic heterocycles. The van der Waals surface area contributed by atoms with Crippen molar-refractivity contribution >= 4 is 32.7 Å². The normalized spacial score (nSPS) is 11.4. The molecule has 0 unspecified atom stereocenters. The molecule has 0 saturated carbocycles. The second-order valence-corrected chi connectivity index (χ2v) is 6.19. The van der Waals surface area contributed by atoms with E-state index in [1.807, 2.05) is 0 Å². The molecule has 8 heteroatoms. The molecule has 0 spiro atoms. The number of hydrogen-bond donors (Lipinski definition) is 3. The van der Waals surface area contributed by atoms with E-state index >= 15 is 0 Å². The highest BCUT2D eigenvalue weighted by atomic mass is 32.2. The van der Waals surface area contributed by atoms with Gasteiger partial charge in [-0.1, -0.05) is 0 Å². The lowest BCUT2D eigenvalue weighted by Crippen LogP contribution is -2.13. The molecule has 0 radical (unpaired) electrons. The standard InChI is InChI=1S/C10H12N4O2S2/c11-7-1-8(3-10(2-7)18(12,15)16)14-5-9-4-13-6-17-9/h1-4,6,14H,5,11H2,(H2,12,15,16). The quantitative estimate of drug-likeness (QED) is 0.725. The molecule has 2 rings (SSSR count). The summed E-state index contributed by atoms with van der Waals surface area (Å²) >= 11 is 1.51. The minimum atomic E-state index is -3.75. The summed E-state index contributed by atoms with van der Waals surface area (Å²) in [5.74, 6) is 0. The maximum Gasteiger partial charge on any atom is 0.238 e. The van der Waals surface area contributed by atoms with Gasteiger partial charge < -0.3 is 11.1 Å². The molecule has 5 N–H and O–H groups in total. The van der Waals surface area contributed by atoms with Crippen molar-refractivity contribution in [1.82, 2.24) is 4.98 Å². The Kier molecular flexibility index (Phi) is 3.50. The van der Waals surface area contributed by atoms with Crippen LogP contribution in [0.1, 0.15) is 4.88 Å². The van der Waals surface area contributed by atoms with E-state index in [0.717, 1.165) is 4.88 Å². The van der Waals surface area contributed by atoms with Crippen LogP contribution < -0.4 is 16.2 Å². The summed E-state index contributed by atoms with van der Waals surface area (Å²) < 4.78 is 22.5. The molecule has 18 heavy (non-hydrogen) atoms. The number of hydrogen-bond acceptors (Lipinski definition) is 6. The van der Waals surface area contributed by atoms with E-state index in [2.05, 4.69) is 10.3 Å². The van der Waals surface area contributed by atoms with Gasteiger partial charge in [-0.05, 0) is 18.2 Å². The topological polar surface area (TPSA) is 111 Å². The molecular formula is C10H12N4O2S2. The smallest absolute Gasteiger partial charge is 0.238 e. The van der Waals surface area contributed by atoms with Gasteiger partial charge in [-0.3, -0.25) is 4.98 Å². The third-order valence-corrected chi connectivity index (χ3v) is 3.88. The van der Waals surface area contributed by atoms with Crippen molar-refractivity contribution in [3.8, 4) is 0 Å². The molecule has 0 atom stereocenters. The van der Waals surface area contributed by atoms with Crippen LogP contribution in [-0.4, -0.2) is 13.4 Å². The summed E-state index contributed by atoms with van der Waals surface area (Å²) in [5, 5.41) is 8.14. The van der Waals surface area contributed by atoms with Crippen LogP contribution in [0.4, 0.5) is 11.4 Å². The van der Waals surface area contributed by atoms with Crippen LogP contribution in [0.2, 0.25) is 0 Å². The first kappa shape index (κ1) is 12.8. The average molecular weight is 284 g/mol. The zero-order valence-electron chi connectivity index (χ0n) is 9.33. The number of primary sulfonamides is 1. The number of nitrogens with zero attached hydrogens (tertiary/aromatic N) is 1. The van der Waals surface area contributed by atoms with Crippen molar-refractivity contribution in [1.29, 1.82) is 0 Å². The maximum atomic E-state index is 11.3. The van der Waals surface area contributed by atoms with Gasteiger partial charge in [-0.2, -0.15) is 0 Å². The minimum absolute atomic E-state index is 0.00527. The molecule has 0 amide bonds. The number of anilines is 2. The fourth-order valence-electron chi connectivity index (χ4n) is 1.41. The molecule has 2 aromatic rings. The van der Waals surface area contributed by atoms with Crippen LogP contribution >= 0.6 is 11.3 Å². The molecule has 96 valence electrons. The Morgan fingerprint density at radius 3 is 2.72 bits per heavy atom. The Balaban J connectivity index is 2.21. The van der Waals surface area contributed by atoms with Crippen LogP contribution in [-0.2, 0) is 16.6 Å². The number of benzene rings is 1. The van der Waals surface area contributed by atoms with Crippen molar-refractivity contribution in [3.05, 3.63) is 34.8 Å². The van der Waals surface area contributed by atoms with Crippen molar-refractivity contribution in [2.45, 2.75) is 11.4 Å². The Morgan fingerprint density at radius 1 is 1.33 bits per heavy atom. The lowest BCUT2D eigenvalue weighted by molar-refractivity contribution is 0.598. The van der Waals surface area contributed by atoms with Crippen LogP contribution in [0.5, 0.6) is 0 Å². The lowest BCUT2D eigenvalue weighted by Gasteiger charge is -2.08. The largest absolute Gasteiger partial charge is 0.399 e. The zero-order valence-corrected chi connectivity index (χ0v) is 11.0. The fourth-order valence-corrected chi connectivity index (χ4v) is 2.53. The van der Waals surface area contributed by atoms with E-state index in [-0.39, 0.29) is 4.90 Å². The van der Waals surface area contributed by atoms with Gasteiger partial charge >= 0.3 is 0 Å². The Hall–Kier alpha value is -1.64. The molecular weight excluding hydrogens is 272 g/mol. The number of nitrogens with one attached hydrogen (secondary N) is 1. The third-order valence-electron chi connectivity index (χ3n) is 2.21. The molecule has 1 aromatic carbocycles. The van der Waals surface area contributed by atoms with Crippen LogP contribution in [0.15, 0.2) is 34.8 Å². The SMILES string of the molecule is Nc1cc(NCc2cncs2)cc(S(N)(=O)=O)c1. The van der Waals surface area contributed by atoms with Gasteiger partial charge in [-0.25, -0.2) is 13.6 Å². The molecule has 0 aliphatic heterocycles. The summed E-state index contributed by atoms with van der Waals surface area (Å²) in [6, 6.07) is 4.43. The van der Waals surface area contributed by atoms with Crippen molar-refractivity contribution in [2.75, 3.05) is 11.1 Å². The summed E-state index contributed by atoms with van der Waals surface area (Å²) in [5.41, 5.74) is 8.31. The monoisotopic (exact) mass is 284 g/mol. The Bertz CT molecular complexity index is 638.